The number of ether oxygens (including phenoxy) is 1. The molecule has 2 amide bonds. The number of rotatable bonds is 8. The topological polar surface area (TPSA) is 85.2 Å². The van der Waals surface area contributed by atoms with Gasteiger partial charge in [-0.15, -0.1) is 0 Å². The molecule has 1 fully saturated rings. The fourth-order valence-electron chi connectivity index (χ4n) is 4.77. The summed E-state index contributed by atoms with van der Waals surface area (Å²) in [6.07, 6.45) is 2.24. The van der Waals surface area contributed by atoms with E-state index in [-0.39, 0.29) is 23.5 Å². The van der Waals surface area contributed by atoms with E-state index in [4.69, 9.17) is 9.72 Å². The van der Waals surface area contributed by atoms with Crippen molar-refractivity contribution in [3.63, 3.8) is 0 Å². The fraction of sp³-hybridized carbons (Fsp3) is 0.300. The van der Waals surface area contributed by atoms with Crippen LogP contribution in [0.3, 0.4) is 0 Å². The van der Waals surface area contributed by atoms with Crippen LogP contribution in [-0.2, 0) is 19.0 Å². The molecule has 0 spiro atoms. The highest BCUT2D eigenvalue weighted by molar-refractivity contribution is 6.07. The largest absolute Gasteiger partial charge is 0.488 e. The second kappa shape index (κ2) is 9.73. The third-order valence-corrected chi connectivity index (χ3v) is 6.81. The highest BCUT2D eigenvalue weighted by Gasteiger charge is 2.46. The summed E-state index contributed by atoms with van der Waals surface area (Å²) < 4.78 is 8.02. The zero-order valence-electron chi connectivity index (χ0n) is 21.7. The van der Waals surface area contributed by atoms with Crippen LogP contribution in [0.1, 0.15) is 65.7 Å². The molecular weight excluding hydrogens is 464 g/mol. The summed E-state index contributed by atoms with van der Waals surface area (Å²) in [5, 5.41) is 6.97. The molecule has 4 aromatic rings. The minimum atomic E-state index is -0.360. The number of hydrogen-bond donors (Lipinski definition) is 2. The van der Waals surface area contributed by atoms with E-state index < -0.39 is 0 Å². The van der Waals surface area contributed by atoms with Gasteiger partial charge in [-0.3, -0.25) is 9.59 Å². The number of amides is 2. The van der Waals surface area contributed by atoms with Gasteiger partial charge in [-0.1, -0.05) is 55.5 Å². The number of aryl methyl sites for hydroxylation is 2. The van der Waals surface area contributed by atoms with Crippen LogP contribution in [0.5, 0.6) is 5.75 Å². The van der Waals surface area contributed by atoms with E-state index in [0.717, 1.165) is 24.1 Å². The molecule has 1 saturated carbocycles. The van der Waals surface area contributed by atoms with Crippen molar-refractivity contribution < 1.29 is 14.3 Å². The lowest BCUT2D eigenvalue weighted by atomic mass is 10.0. The van der Waals surface area contributed by atoms with Gasteiger partial charge < -0.3 is 19.9 Å². The first-order chi connectivity index (χ1) is 17.8. The van der Waals surface area contributed by atoms with Crippen molar-refractivity contribution in [2.75, 3.05) is 5.32 Å². The first-order valence-electron chi connectivity index (χ1n) is 12.8. The quantitative estimate of drug-likeness (QED) is 0.333. The van der Waals surface area contributed by atoms with Gasteiger partial charge in [0.25, 0.3) is 11.8 Å². The van der Waals surface area contributed by atoms with E-state index >= 15 is 0 Å². The van der Waals surface area contributed by atoms with E-state index in [0.29, 0.717) is 40.1 Å². The Bertz CT molecular complexity index is 1450. The molecule has 0 unspecified atom stereocenters. The Morgan fingerprint density at radius 3 is 2.27 bits per heavy atom. The summed E-state index contributed by atoms with van der Waals surface area (Å²) in [6.45, 7) is 5.85. The number of hydrogen-bond acceptors (Lipinski definition) is 4. The highest BCUT2D eigenvalue weighted by atomic mass is 16.5. The first kappa shape index (κ1) is 24.6. The van der Waals surface area contributed by atoms with E-state index in [1.54, 1.807) is 16.7 Å². The van der Waals surface area contributed by atoms with E-state index in [1.165, 1.54) is 0 Å². The van der Waals surface area contributed by atoms with Crippen molar-refractivity contribution in [2.24, 2.45) is 7.05 Å². The number of benzene rings is 2. The highest BCUT2D eigenvalue weighted by Crippen LogP contribution is 2.46. The SMILES string of the molecule is CCc1nc2c(cc1NC(=O)c1ccccc1)c(OC(C)C)c(C(=O)NC1(c3ccccc3)CC1)n2C. The van der Waals surface area contributed by atoms with Crippen molar-refractivity contribution in [3.05, 3.63) is 89.2 Å². The van der Waals surface area contributed by atoms with Gasteiger partial charge in [0, 0.05) is 12.6 Å². The van der Waals surface area contributed by atoms with Crippen LogP contribution >= 0.6 is 0 Å². The number of nitrogens with one attached hydrogen (secondary N) is 2. The Labute approximate surface area is 216 Å². The van der Waals surface area contributed by atoms with Gasteiger partial charge in [0.2, 0.25) is 0 Å². The molecule has 190 valence electrons. The van der Waals surface area contributed by atoms with Crippen LogP contribution in [0.25, 0.3) is 11.0 Å². The van der Waals surface area contributed by atoms with Gasteiger partial charge in [-0.05, 0) is 56.9 Å². The Balaban J connectivity index is 1.57. The third kappa shape index (κ3) is 4.69. The summed E-state index contributed by atoms with van der Waals surface area (Å²) in [6, 6.07) is 21.0. The Kier molecular flexibility index (Phi) is 6.46. The fourth-order valence-corrected chi connectivity index (χ4v) is 4.77. The first-order valence-corrected chi connectivity index (χ1v) is 12.8. The van der Waals surface area contributed by atoms with Crippen LogP contribution < -0.4 is 15.4 Å². The molecule has 2 aromatic heterocycles. The average Bonchev–Trinajstić information content (AvgIpc) is 3.64. The van der Waals surface area contributed by atoms with Crippen molar-refractivity contribution in [3.8, 4) is 5.75 Å². The molecule has 0 bridgehead atoms. The van der Waals surface area contributed by atoms with Gasteiger partial charge in [-0.25, -0.2) is 4.98 Å². The normalized spacial score (nSPS) is 14.0. The maximum Gasteiger partial charge on any atom is 0.272 e. The van der Waals surface area contributed by atoms with Crippen LogP contribution in [0.2, 0.25) is 0 Å². The summed E-state index contributed by atoms with van der Waals surface area (Å²) in [4.78, 5) is 31.5. The number of carbonyl (C=O) groups is 2. The van der Waals surface area contributed by atoms with E-state index in [1.807, 2.05) is 70.3 Å². The predicted molar refractivity (Wildman–Crippen MR) is 145 cm³/mol. The molecule has 0 saturated heterocycles. The van der Waals surface area contributed by atoms with E-state index in [2.05, 4.69) is 22.8 Å². The standard InChI is InChI=1S/C30H32N4O3/c1-5-23-24(32-28(35)20-12-8-6-9-13-20)18-22-26(37-19(2)3)25(34(4)27(22)31-23)29(36)33-30(16-17-30)21-14-10-7-11-15-21/h6-15,18-19H,5,16-17H2,1-4H3,(H,32,35)(H,33,36). The molecule has 0 atom stereocenters. The molecule has 0 aliphatic heterocycles. The maximum absolute atomic E-state index is 13.8. The lowest BCUT2D eigenvalue weighted by Gasteiger charge is -2.19. The smallest absolute Gasteiger partial charge is 0.272 e. The number of fused-ring (bicyclic) bond motifs is 1. The number of nitrogens with zero attached hydrogens (tertiary/aromatic N) is 2. The van der Waals surface area contributed by atoms with Gasteiger partial charge in [-0.2, -0.15) is 0 Å². The molecule has 2 aromatic carbocycles. The molecule has 7 heteroatoms. The Morgan fingerprint density at radius 2 is 1.68 bits per heavy atom. The van der Waals surface area contributed by atoms with Gasteiger partial charge in [0.15, 0.2) is 11.4 Å². The Hall–Kier alpha value is -4.13. The lowest BCUT2D eigenvalue weighted by Crippen LogP contribution is -2.36. The predicted octanol–water partition coefficient (Wildman–Crippen LogP) is 5.59. The van der Waals surface area contributed by atoms with Crippen molar-refractivity contribution >= 4 is 28.5 Å². The lowest BCUT2D eigenvalue weighted by molar-refractivity contribution is 0.0916. The van der Waals surface area contributed by atoms with Crippen molar-refractivity contribution in [1.29, 1.82) is 0 Å². The monoisotopic (exact) mass is 496 g/mol. The van der Waals surface area contributed by atoms with Crippen molar-refractivity contribution in [1.82, 2.24) is 14.9 Å². The maximum atomic E-state index is 13.8. The van der Waals surface area contributed by atoms with Gasteiger partial charge in [0.1, 0.15) is 5.65 Å². The van der Waals surface area contributed by atoms with Crippen LogP contribution in [0.15, 0.2) is 66.7 Å². The Morgan fingerprint density at radius 1 is 1.03 bits per heavy atom. The zero-order chi connectivity index (χ0) is 26.2. The summed E-state index contributed by atoms with van der Waals surface area (Å²) in [7, 11) is 1.83. The molecule has 1 aliphatic rings. The molecule has 1 aliphatic carbocycles. The number of anilines is 1. The third-order valence-electron chi connectivity index (χ3n) is 6.81. The summed E-state index contributed by atoms with van der Waals surface area (Å²) >= 11 is 0. The second-order valence-corrected chi connectivity index (χ2v) is 9.83. The molecule has 2 heterocycles. The van der Waals surface area contributed by atoms with Gasteiger partial charge >= 0.3 is 0 Å². The minimum Gasteiger partial charge on any atom is -0.488 e. The van der Waals surface area contributed by atoms with Crippen LogP contribution in [0.4, 0.5) is 5.69 Å². The molecule has 37 heavy (non-hydrogen) atoms. The number of pyridine rings is 1. The molecule has 0 radical (unpaired) electrons. The van der Waals surface area contributed by atoms with Crippen molar-refractivity contribution in [2.45, 2.75) is 51.7 Å². The molecule has 2 N–H and O–H groups in total. The van der Waals surface area contributed by atoms with Crippen LogP contribution in [-0.4, -0.2) is 27.5 Å². The summed E-state index contributed by atoms with van der Waals surface area (Å²) in [5.41, 5.74) is 3.71. The molecule has 7 nitrogen and oxygen atoms in total. The van der Waals surface area contributed by atoms with Gasteiger partial charge in [0.05, 0.1) is 28.4 Å². The zero-order valence-corrected chi connectivity index (χ0v) is 21.7. The summed E-state index contributed by atoms with van der Waals surface area (Å²) in [5.74, 6) is 0.0554. The number of aromatic nitrogens is 2. The average molecular weight is 497 g/mol. The molecule has 5 rings (SSSR count). The number of carbonyl (C=O) groups excluding carboxylic acids is 2. The van der Waals surface area contributed by atoms with Crippen LogP contribution in [0, 0.1) is 0 Å². The van der Waals surface area contributed by atoms with E-state index in [9.17, 15) is 9.59 Å². The molecular formula is C30H32N4O3. The second-order valence-electron chi connectivity index (χ2n) is 9.83. The minimum absolute atomic E-state index is 0.158.